The van der Waals surface area contributed by atoms with Crippen LogP contribution < -0.4 is 10.5 Å². The van der Waals surface area contributed by atoms with E-state index in [0.717, 1.165) is 6.42 Å². The van der Waals surface area contributed by atoms with Crippen molar-refractivity contribution in [2.75, 3.05) is 19.8 Å². The van der Waals surface area contributed by atoms with E-state index in [1.54, 1.807) is 6.07 Å². The number of ether oxygens (including phenoxy) is 2. The Kier molecular flexibility index (Phi) is 6.83. The normalized spacial score (nSPS) is 13.5. The van der Waals surface area contributed by atoms with Gasteiger partial charge in [0.1, 0.15) is 12.4 Å². The molecule has 120 valence electrons. The summed E-state index contributed by atoms with van der Waals surface area (Å²) < 4.78 is 59.1. The summed E-state index contributed by atoms with van der Waals surface area (Å²) in [7, 11) is 0. The minimum absolute atomic E-state index is 0.318. The predicted octanol–water partition coefficient (Wildman–Crippen LogP) is 2.79. The van der Waals surface area contributed by atoms with Gasteiger partial charge in [-0.1, -0.05) is 6.92 Å². The van der Waals surface area contributed by atoms with Crippen LogP contribution in [0.15, 0.2) is 18.5 Å². The lowest BCUT2D eigenvalue weighted by Crippen LogP contribution is -2.33. The zero-order chi connectivity index (χ0) is 15.9. The smallest absolute Gasteiger partial charge is 0.330 e. The SMILES string of the molecule is CCCOc1cncc(C(N)COCC(F)(F)C(F)F)c1. The third-order valence-electron chi connectivity index (χ3n) is 2.55. The van der Waals surface area contributed by atoms with Gasteiger partial charge in [0, 0.05) is 6.20 Å². The quantitative estimate of drug-likeness (QED) is 0.713. The van der Waals surface area contributed by atoms with Crippen LogP contribution in [-0.2, 0) is 4.74 Å². The Bertz CT molecular complexity index is 432. The minimum atomic E-state index is -4.18. The molecule has 0 saturated carbocycles. The Balaban J connectivity index is 2.50. The molecule has 0 amide bonds. The van der Waals surface area contributed by atoms with Gasteiger partial charge >= 0.3 is 12.3 Å². The van der Waals surface area contributed by atoms with E-state index in [0.29, 0.717) is 17.9 Å². The molecule has 1 atom stereocenters. The highest BCUT2D eigenvalue weighted by molar-refractivity contribution is 5.25. The molecule has 0 spiro atoms. The number of aromatic nitrogens is 1. The van der Waals surface area contributed by atoms with Crippen molar-refractivity contribution in [1.82, 2.24) is 4.98 Å². The Hall–Kier alpha value is -1.41. The van der Waals surface area contributed by atoms with Crippen LogP contribution in [0.25, 0.3) is 0 Å². The van der Waals surface area contributed by atoms with Crippen molar-refractivity contribution >= 4 is 0 Å². The number of hydrogen-bond acceptors (Lipinski definition) is 4. The first kappa shape index (κ1) is 17.6. The number of nitrogens with zero attached hydrogens (tertiary/aromatic N) is 1. The Labute approximate surface area is 120 Å². The Morgan fingerprint density at radius 2 is 2.05 bits per heavy atom. The van der Waals surface area contributed by atoms with Gasteiger partial charge in [0.2, 0.25) is 0 Å². The zero-order valence-electron chi connectivity index (χ0n) is 11.6. The maximum absolute atomic E-state index is 12.7. The molecule has 0 saturated heterocycles. The molecule has 1 rings (SSSR count). The number of nitrogens with two attached hydrogens (primary N) is 1. The first-order valence-electron chi connectivity index (χ1n) is 6.44. The molecule has 0 aliphatic carbocycles. The van der Waals surface area contributed by atoms with Crippen molar-refractivity contribution in [3.8, 4) is 5.75 Å². The van der Waals surface area contributed by atoms with Crippen LogP contribution in [0.5, 0.6) is 5.75 Å². The standard InChI is InChI=1S/C13H18F4N2O2/c1-2-3-21-10-4-9(5-19-6-10)11(18)7-20-8-13(16,17)12(14)15/h4-6,11-12H,2-3,7-8,18H2,1H3. The topological polar surface area (TPSA) is 57.4 Å². The van der Waals surface area contributed by atoms with E-state index in [1.165, 1.54) is 12.4 Å². The first-order valence-corrected chi connectivity index (χ1v) is 6.44. The summed E-state index contributed by atoms with van der Waals surface area (Å²) in [6, 6.07) is 0.859. The monoisotopic (exact) mass is 310 g/mol. The molecule has 0 aliphatic heterocycles. The lowest BCUT2D eigenvalue weighted by atomic mass is 10.1. The number of pyridine rings is 1. The van der Waals surface area contributed by atoms with Crippen molar-refractivity contribution in [2.24, 2.45) is 5.73 Å². The van der Waals surface area contributed by atoms with Crippen molar-refractivity contribution in [3.63, 3.8) is 0 Å². The van der Waals surface area contributed by atoms with E-state index >= 15 is 0 Å². The number of alkyl halides is 4. The average molecular weight is 310 g/mol. The molecule has 0 radical (unpaired) electrons. The molecule has 1 unspecified atom stereocenters. The molecule has 8 heteroatoms. The van der Waals surface area contributed by atoms with E-state index in [1.807, 2.05) is 6.92 Å². The molecule has 0 aliphatic rings. The summed E-state index contributed by atoms with van der Waals surface area (Å²) in [5.41, 5.74) is 6.26. The number of halogens is 4. The highest BCUT2D eigenvalue weighted by Gasteiger charge is 2.41. The third kappa shape index (κ3) is 5.84. The molecule has 1 aromatic rings. The van der Waals surface area contributed by atoms with Crippen LogP contribution in [0.4, 0.5) is 17.6 Å². The minimum Gasteiger partial charge on any atom is -0.492 e. The van der Waals surface area contributed by atoms with Gasteiger partial charge in [0.25, 0.3) is 0 Å². The molecular weight excluding hydrogens is 292 g/mol. The van der Waals surface area contributed by atoms with Crippen molar-refractivity contribution in [1.29, 1.82) is 0 Å². The van der Waals surface area contributed by atoms with Crippen molar-refractivity contribution in [3.05, 3.63) is 24.0 Å². The largest absolute Gasteiger partial charge is 0.492 e. The Morgan fingerprint density at radius 1 is 1.33 bits per heavy atom. The average Bonchev–Trinajstić information content (AvgIpc) is 2.45. The van der Waals surface area contributed by atoms with Crippen LogP contribution in [0.1, 0.15) is 24.9 Å². The first-order chi connectivity index (χ1) is 9.86. The predicted molar refractivity (Wildman–Crippen MR) is 68.7 cm³/mol. The fraction of sp³-hybridized carbons (Fsp3) is 0.615. The van der Waals surface area contributed by atoms with Crippen molar-refractivity contribution < 1.29 is 27.0 Å². The van der Waals surface area contributed by atoms with E-state index < -0.39 is 25.0 Å². The summed E-state index contributed by atoms with van der Waals surface area (Å²) in [6.07, 6.45) is -0.00103. The second kappa shape index (κ2) is 8.14. The fourth-order valence-electron chi connectivity index (χ4n) is 1.42. The molecule has 1 aromatic heterocycles. The molecule has 0 aromatic carbocycles. The molecule has 4 nitrogen and oxygen atoms in total. The van der Waals surface area contributed by atoms with Gasteiger partial charge in [-0.3, -0.25) is 4.98 Å². The lowest BCUT2D eigenvalue weighted by molar-refractivity contribution is -0.166. The van der Waals surface area contributed by atoms with Crippen LogP contribution in [0.2, 0.25) is 0 Å². The van der Waals surface area contributed by atoms with Crippen molar-refractivity contribution in [2.45, 2.75) is 31.7 Å². The van der Waals surface area contributed by atoms with Crippen LogP contribution >= 0.6 is 0 Å². The summed E-state index contributed by atoms with van der Waals surface area (Å²) in [5, 5.41) is 0. The van der Waals surface area contributed by atoms with E-state index in [9.17, 15) is 17.6 Å². The van der Waals surface area contributed by atoms with Gasteiger partial charge in [-0.15, -0.1) is 0 Å². The Morgan fingerprint density at radius 3 is 2.67 bits per heavy atom. The van der Waals surface area contributed by atoms with E-state index in [-0.39, 0.29) is 6.61 Å². The maximum atomic E-state index is 12.7. The fourth-order valence-corrected chi connectivity index (χ4v) is 1.42. The van der Waals surface area contributed by atoms with Gasteiger partial charge in [-0.2, -0.15) is 8.78 Å². The molecular formula is C13H18F4N2O2. The highest BCUT2D eigenvalue weighted by Crippen LogP contribution is 2.23. The van der Waals surface area contributed by atoms with E-state index in [2.05, 4.69) is 9.72 Å². The van der Waals surface area contributed by atoms with Gasteiger partial charge in [0.05, 0.1) is 25.5 Å². The number of hydrogen-bond donors (Lipinski definition) is 1. The summed E-state index contributed by atoms with van der Waals surface area (Å²) in [4.78, 5) is 3.91. The lowest BCUT2D eigenvalue weighted by Gasteiger charge is -2.18. The van der Waals surface area contributed by atoms with Gasteiger partial charge in [0.15, 0.2) is 0 Å². The van der Waals surface area contributed by atoms with Gasteiger partial charge in [-0.05, 0) is 18.1 Å². The molecule has 2 N–H and O–H groups in total. The summed E-state index contributed by atoms with van der Waals surface area (Å²) in [5.74, 6) is -3.67. The maximum Gasteiger partial charge on any atom is 0.330 e. The highest BCUT2D eigenvalue weighted by atomic mass is 19.3. The third-order valence-corrected chi connectivity index (χ3v) is 2.55. The molecule has 1 heterocycles. The zero-order valence-corrected chi connectivity index (χ0v) is 11.6. The van der Waals surface area contributed by atoms with Crippen LogP contribution in [0, 0.1) is 0 Å². The van der Waals surface area contributed by atoms with Crippen LogP contribution in [0.3, 0.4) is 0 Å². The second-order valence-corrected chi connectivity index (χ2v) is 4.49. The second-order valence-electron chi connectivity index (χ2n) is 4.49. The molecule has 0 bridgehead atoms. The van der Waals surface area contributed by atoms with E-state index in [4.69, 9.17) is 10.5 Å². The molecule has 0 fully saturated rings. The summed E-state index contributed by atoms with van der Waals surface area (Å²) >= 11 is 0. The van der Waals surface area contributed by atoms with Crippen LogP contribution in [-0.4, -0.2) is 37.2 Å². The van der Waals surface area contributed by atoms with Gasteiger partial charge in [-0.25, -0.2) is 8.78 Å². The number of rotatable bonds is 9. The van der Waals surface area contributed by atoms with Gasteiger partial charge < -0.3 is 15.2 Å². The summed E-state index contributed by atoms with van der Waals surface area (Å²) in [6.45, 7) is 0.760. The molecule has 21 heavy (non-hydrogen) atoms.